The van der Waals surface area contributed by atoms with Crippen molar-refractivity contribution in [3.8, 4) is 0 Å². The SMILES string of the molecule is CCCC(C)C(Br)C(C)(Br)CO. The molecular formula is C9H18Br2O. The second-order valence-electron chi connectivity index (χ2n) is 3.60. The van der Waals surface area contributed by atoms with Gasteiger partial charge in [-0.2, -0.15) is 0 Å². The van der Waals surface area contributed by atoms with E-state index in [9.17, 15) is 0 Å². The standard InChI is InChI=1S/C9H18Br2O/c1-4-5-7(2)8(10)9(3,11)6-12/h7-8,12H,4-6H2,1-3H3. The molecule has 0 aliphatic rings. The average Bonchev–Trinajstić information content (AvgIpc) is 2.03. The Morgan fingerprint density at radius 3 is 2.33 bits per heavy atom. The lowest BCUT2D eigenvalue weighted by atomic mass is 9.94. The van der Waals surface area contributed by atoms with E-state index >= 15 is 0 Å². The van der Waals surface area contributed by atoms with Crippen molar-refractivity contribution >= 4 is 31.9 Å². The number of aliphatic hydroxyl groups excluding tert-OH is 1. The molecule has 0 radical (unpaired) electrons. The first-order valence-corrected chi connectivity index (χ1v) is 6.10. The molecule has 0 fully saturated rings. The van der Waals surface area contributed by atoms with Crippen LogP contribution in [0.25, 0.3) is 0 Å². The maximum atomic E-state index is 9.10. The van der Waals surface area contributed by atoms with Crippen molar-refractivity contribution in [1.82, 2.24) is 0 Å². The Morgan fingerprint density at radius 2 is 2.00 bits per heavy atom. The zero-order chi connectivity index (χ0) is 9.78. The van der Waals surface area contributed by atoms with Crippen LogP contribution in [0.5, 0.6) is 0 Å². The van der Waals surface area contributed by atoms with Crippen LogP contribution in [-0.4, -0.2) is 20.9 Å². The van der Waals surface area contributed by atoms with Gasteiger partial charge in [-0.25, -0.2) is 0 Å². The first kappa shape index (κ1) is 12.9. The van der Waals surface area contributed by atoms with Crippen LogP contribution in [-0.2, 0) is 0 Å². The average molecular weight is 302 g/mol. The second-order valence-corrected chi connectivity index (χ2v) is 6.40. The van der Waals surface area contributed by atoms with Gasteiger partial charge < -0.3 is 5.11 Å². The topological polar surface area (TPSA) is 20.2 Å². The molecule has 0 rings (SSSR count). The second kappa shape index (κ2) is 5.61. The van der Waals surface area contributed by atoms with Gasteiger partial charge in [0.25, 0.3) is 0 Å². The van der Waals surface area contributed by atoms with Crippen molar-refractivity contribution < 1.29 is 5.11 Å². The van der Waals surface area contributed by atoms with Crippen LogP contribution in [0.1, 0.15) is 33.6 Å². The van der Waals surface area contributed by atoms with E-state index in [1.54, 1.807) is 0 Å². The number of hydrogen-bond donors (Lipinski definition) is 1. The van der Waals surface area contributed by atoms with Crippen molar-refractivity contribution in [3.63, 3.8) is 0 Å². The molecule has 74 valence electrons. The van der Waals surface area contributed by atoms with Gasteiger partial charge in [-0.05, 0) is 19.3 Å². The summed E-state index contributed by atoms with van der Waals surface area (Å²) in [5, 5.41) is 9.10. The lowest BCUT2D eigenvalue weighted by Gasteiger charge is -2.30. The van der Waals surface area contributed by atoms with E-state index in [-0.39, 0.29) is 10.9 Å². The third kappa shape index (κ3) is 3.75. The highest BCUT2D eigenvalue weighted by Crippen LogP contribution is 2.34. The Labute approximate surface area is 92.2 Å². The summed E-state index contributed by atoms with van der Waals surface area (Å²) in [7, 11) is 0. The van der Waals surface area contributed by atoms with Crippen LogP contribution in [0.4, 0.5) is 0 Å². The Morgan fingerprint density at radius 1 is 1.50 bits per heavy atom. The Hall–Kier alpha value is 0.920. The highest BCUT2D eigenvalue weighted by molar-refractivity contribution is 9.12. The van der Waals surface area contributed by atoms with Crippen molar-refractivity contribution in [2.24, 2.45) is 5.92 Å². The minimum absolute atomic E-state index is 0.164. The highest BCUT2D eigenvalue weighted by Gasteiger charge is 2.32. The molecule has 0 saturated carbocycles. The fraction of sp³-hybridized carbons (Fsp3) is 1.00. The number of alkyl halides is 2. The fourth-order valence-electron chi connectivity index (χ4n) is 1.28. The van der Waals surface area contributed by atoms with Gasteiger partial charge in [0.2, 0.25) is 0 Å². The van der Waals surface area contributed by atoms with Crippen LogP contribution >= 0.6 is 31.9 Å². The Balaban J connectivity index is 4.07. The fourth-order valence-corrected chi connectivity index (χ4v) is 2.14. The predicted octanol–water partition coefficient (Wildman–Crippen LogP) is 3.33. The molecule has 1 nitrogen and oxygen atoms in total. The summed E-state index contributed by atoms with van der Waals surface area (Å²) in [5.74, 6) is 0.589. The van der Waals surface area contributed by atoms with Crippen LogP contribution in [0.2, 0.25) is 0 Å². The molecule has 0 aromatic heterocycles. The van der Waals surface area contributed by atoms with E-state index in [1.807, 2.05) is 6.92 Å². The first-order valence-electron chi connectivity index (χ1n) is 4.39. The minimum Gasteiger partial charge on any atom is -0.395 e. The molecule has 0 saturated heterocycles. The van der Waals surface area contributed by atoms with E-state index in [1.165, 1.54) is 12.8 Å². The van der Waals surface area contributed by atoms with Gasteiger partial charge in [0, 0.05) is 4.83 Å². The van der Waals surface area contributed by atoms with Gasteiger partial charge in [0.15, 0.2) is 0 Å². The smallest absolute Gasteiger partial charge is 0.0592 e. The molecule has 1 N–H and O–H groups in total. The molecule has 3 atom stereocenters. The molecule has 0 heterocycles. The van der Waals surface area contributed by atoms with Crippen molar-refractivity contribution in [1.29, 1.82) is 0 Å². The summed E-state index contributed by atoms with van der Waals surface area (Å²) in [4.78, 5) is 0.329. The zero-order valence-electron chi connectivity index (χ0n) is 7.98. The number of halogens is 2. The molecular weight excluding hydrogens is 284 g/mol. The molecule has 12 heavy (non-hydrogen) atoms. The van der Waals surface area contributed by atoms with E-state index in [2.05, 4.69) is 45.7 Å². The summed E-state index contributed by atoms with van der Waals surface area (Å²) in [6.45, 7) is 6.56. The summed E-state index contributed by atoms with van der Waals surface area (Å²) in [6.07, 6.45) is 2.38. The zero-order valence-corrected chi connectivity index (χ0v) is 11.2. The number of hydrogen-bond acceptors (Lipinski definition) is 1. The van der Waals surface area contributed by atoms with Gasteiger partial charge in [0.1, 0.15) is 0 Å². The van der Waals surface area contributed by atoms with Crippen molar-refractivity contribution in [3.05, 3.63) is 0 Å². The highest BCUT2D eigenvalue weighted by atomic mass is 79.9. The molecule has 0 amide bonds. The van der Waals surface area contributed by atoms with E-state index < -0.39 is 0 Å². The van der Waals surface area contributed by atoms with E-state index in [4.69, 9.17) is 5.11 Å². The Kier molecular flexibility index (Phi) is 6.04. The van der Waals surface area contributed by atoms with Crippen LogP contribution in [0, 0.1) is 5.92 Å². The summed E-state index contributed by atoms with van der Waals surface area (Å²) in [6, 6.07) is 0. The summed E-state index contributed by atoms with van der Waals surface area (Å²) in [5.41, 5.74) is 0. The molecule has 0 bridgehead atoms. The first-order chi connectivity index (χ1) is 5.45. The largest absolute Gasteiger partial charge is 0.395 e. The van der Waals surface area contributed by atoms with E-state index in [0.29, 0.717) is 10.7 Å². The molecule has 0 aromatic rings. The lowest BCUT2D eigenvalue weighted by Crippen LogP contribution is -2.36. The summed E-state index contributed by atoms with van der Waals surface area (Å²) < 4.78 is -0.193. The van der Waals surface area contributed by atoms with Crippen LogP contribution in [0.15, 0.2) is 0 Å². The van der Waals surface area contributed by atoms with Crippen molar-refractivity contribution in [2.45, 2.75) is 42.8 Å². The normalized spacial score (nSPS) is 21.5. The minimum atomic E-state index is -0.193. The lowest BCUT2D eigenvalue weighted by molar-refractivity contribution is 0.244. The molecule has 0 aliphatic carbocycles. The molecule has 0 spiro atoms. The van der Waals surface area contributed by atoms with Gasteiger partial charge >= 0.3 is 0 Å². The van der Waals surface area contributed by atoms with E-state index in [0.717, 1.165) is 0 Å². The molecule has 3 unspecified atom stereocenters. The van der Waals surface area contributed by atoms with Crippen LogP contribution in [0.3, 0.4) is 0 Å². The number of aliphatic hydroxyl groups is 1. The number of rotatable bonds is 5. The Bertz CT molecular complexity index is 126. The molecule has 3 heteroatoms. The monoisotopic (exact) mass is 300 g/mol. The van der Waals surface area contributed by atoms with Gasteiger partial charge in [-0.1, -0.05) is 52.1 Å². The quantitative estimate of drug-likeness (QED) is 0.772. The summed E-state index contributed by atoms with van der Waals surface area (Å²) >= 11 is 7.14. The van der Waals surface area contributed by atoms with Crippen molar-refractivity contribution in [2.75, 3.05) is 6.61 Å². The van der Waals surface area contributed by atoms with Gasteiger partial charge in [0.05, 0.1) is 10.9 Å². The maximum absolute atomic E-state index is 9.10. The van der Waals surface area contributed by atoms with Gasteiger partial charge in [-0.15, -0.1) is 0 Å². The van der Waals surface area contributed by atoms with Gasteiger partial charge in [-0.3, -0.25) is 0 Å². The predicted molar refractivity (Wildman–Crippen MR) is 61.2 cm³/mol. The third-order valence-electron chi connectivity index (χ3n) is 2.13. The molecule has 0 aromatic carbocycles. The maximum Gasteiger partial charge on any atom is 0.0592 e. The van der Waals surface area contributed by atoms with Crippen LogP contribution < -0.4 is 0 Å². The third-order valence-corrected chi connectivity index (χ3v) is 5.40. The molecule has 0 aliphatic heterocycles.